The standard InChI is InChI=1S/C21H21ClN2O2S/c22-13-5-8-20-18(9-13)24(17-3-1-2-4-19(17)27-20)21(26)12-23-14-6-7-15(23)11-16(25)10-14/h1-5,8-9,14-16,25H,6-7,10-12H2/p+1. The molecule has 1 amide bonds. The molecule has 0 saturated carbocycles. The van der Waals surface area contributed by atoms with E-state index in [1.165, 1.54) is 4.90 Å². The van der Waals surface area contributed by atoms with Crippen LogP contribution in [0, 0.1) is 0 Å². The second-order valence-corrected chi connectivity index (χ2v) is 9.28. The number of aliphatic hydroxyl groups excluding tert-OH is 1. The number of halogens is 1. The summed E-state index contributed by atoms with van der Waals surface area (Å²) in [6, 6.07) is 14.6. The van der Waals surface area contributed by atoms with Crippen LogP contribution in [0.5, 0.6) is 0 Å². The number of anilines is 2. The third kappa shape index (κ3) is 3.07. The van der Waals surface area contributed by atoms with Crippen molar-refractivity contribution in [1.29, 1.82) is 0 Å². The van der Waals surface area contributed by atoms with Crippen LogP contribution in [0.15, 0.2) is 52.3 Å². The zero-order chi connectivity index (χ0) is 18.5. The van der Waals surface area contributed by atoms with E-state index < -0.39 is 0 Å². The monoisotopic (exact) mass is 401 g/mol. The summed E-state index contributed by atoms with van der Waals surface area (Å²) in [6.07, 6.45) is 3.65. The molecule has 2 fully saturated rings. The van der Waals surface area contributed by atoms with Crippen LogP contribution in [-0.2, 0) is 4.79 Å². The number of nitrogens with zero attached hydrogens (tertiary/aromatic N) is 1. The fourth-order valence-electron chi connectivity index (χ4n) is 4.94. The van der Waals surface area contributed by atoms with Gasteiger partial charge in [0, 0.05) is 40.5 Å². The summed E-state index contributed by atoms with van der Waals surface area (Å²) >= 11 is 7.94. The smallest absolute Gasteiger partial charge is 0.286 e. The summed E-state index contributed by atoms with van der Waals surface area (Å²) in [4.78, 5) is 18.8. The predicted octanol–water partition coefficient (Wildman–Crippen LogP) is 3.04. The van der Waals surface area contributed by atoms with Crippen molar-refractivity contribution in [3.8, 4) is 0 Å². The third-order valence-electron chi connectivity index (χ3n) is 6.12. The van der Waals surface area contributed by atoms with Crippen molar-refractivity contribution in [2.24, 2.45) is 0 Å². The van der Waals surface area contributed by atoms with E-state index in [4.69, 9.17) is 11.6 Å². The molecule has 2 atom stereocenters. The van der Waals surface area contributed by atoms with E-state index in [0.29, 0.717) is 23.7 Å². The predicted molar refractivity (Wildman–Crippen MR) is 107 cm³/mol. The molecule has 3 heterocycles. The number of hydrogen-bond acceptors (Lipinski definition) is 3. The maximum Gasteiger partial charge on any atom is 0.286 e. The van der Waals surface area contributed by atoms with E-state index in [1.807, 2.05) is 41.3 Å². The zero-order valence-corrected chi connectivity index (χ0v) is 16.5. The van der Waals surface area contributed by atoms with Crippen molar-refractivity contribution < 1.29 is 14.8 Å². The average Bonchev–Trinajstić information content (AvgIpc) is 2.89. The molecule has 2 aromatic rings. The van der Waals surface area contributed by atoms with Crippen LogP contribution in [0.3, 0.4) is 0 Å². The number of fused-ring (bicyclic) bond motifs is 4. The highest BCUT2D eigenvalue weighted by Gasteiger charge is 2.45. The maximum atomic E-state index is 13.5. The molecule has 2 unspecified atom stereocenters. The zero-order valence-electron chi connectivity index (χ0n) is 14.9. The van der Waals surface area contributed by atoms with Crippen molar-refractivity contribution in [3.63, 3.8) is 0 Å². The first-order valence-electron chi connectivity index (χ1n) is 9.53. The van der Waals surface area contributed by atoms with Gasteiger partial charge in [0.05, 0.1) is 29.6 Å². The van der Waals surface area contributed by atoms with E-state index in [9.17, 15) is 9.90 Å². The Morgan fingerprint density at radius 3 is 2.59 bits per heavy atom. The van der Waals surface area contributed by atoms with E-state index >= 15 is 0 Å². The number of carbonyl (C=O) groups is 1. The van der Waals surface area contributed by atoms with E-state index in [1.54, 1.807) is 11.8 Å². The minimum Gasteiger partial charge on any atom is -0.393 e. The summed E-state index contributed by atoms with van der Waals surface area (Å²) in [5.74, 6) is 0.106. The summed E-state index contributed by atoms with van der Waals surface area (Å²) in [6.45, 7) is 0.465. The average molecular weight is 402 g/mol. The number of nitrogens with one attached hydrogen (secondary N) is 1. The maximum absolute atomic E-state index is 13.5. The van der Waals surface area contributed by atoms with Crippen LogP contribution in [0.4, 0.5) is 11.4 Å². The molecular formula is C21H22ClN2O2S+. The van der Waals surface area contributed by atoms with Gasteiger partial charge in [-0.25, -0.2) is 0 Å². The Morgan fingerprint density at radius 2 is 1.81 bits per heavy atom. The van der Waals surface area contributed by atoms with Gasteiger partial charge in [0.25, 0.3) is 5.91 Å². The van der Waals surface area contributed by atoms with Gasteiger partial charge in [0.1, 0.15) is 0 Å². The van der Waals surface area contributed by atoms with Gasteiger partial charge in [-0.1, -0.05) is 35.5 Å². The Balaban J connectivity index is 1.49. The molecule has 2 saturated heterocycles. The minimum atomic E-state index is -0.201. The van der Waals surface area contributed by atoms with Crippen LogP contribution in [-0.4, -0.2) is 35.7 Å². The number of carbonyl (C=O) groups excluding carboxylic acids is 1. The molecule has 27 heavy (non-hydrogen) atoms. The van der Waals surface area contributed by atoms with E-state index in [2.05, 4.69) is 6.07 Å². The molecule has 4 nitrogen and oxygen atoms in total. The number of piperidine rings is 1. The number of hydrogen-bond donors (Lipinski definition) is 2. The molecule has 0 aromatic heterocycles. The summed E-state index contributed by atoms with van der Waals surface area (Å²) < 4.78 is 0. The van der Waals surface area contributed by atoms with Crippen LogP contribution < -0.4 is 9.80 Å². The minimum absolute atomic E-state index is 0.106. The second kappa shape index (κ2) is 6.82. The molecule has 2 bridgehead atoms. The number of benzene rings is 2. The molecule has 3 aliphatic rings. The lowest BCUT2D eigenvalue weighted by Gasteiger charge is -2.36. The highest BCUT2D eigenvalue weighted by molar-refractivity contribution is 7.99. The third-order valence-corrected chi connectivity index (χ3v) is 7.48. The van der Waals surface area contributed by atoms with Crippen LogP contribution in [0.1, 0.15) is 25.7 Å². The van der Waals surface area contributed by atoms with Gasteiger partial charge in [-0.05, 0) is 30.3 Å². The van der Waals surface area contributed by atoms with Gasteiger partial charge in [-0.3, -0.25) is 9.69 Å². The van der Waals surface area contributed by atoms with Crippen LogP contribution in [0.2, 0.25) is 5.02 Å². The first-order chi connectivity index (χ1) is 13.1. The molecule has 6 heteroatoms. The van der Waals surface area contributed by atoms with Crippen molar-refractivity contribution in [2.75, 3.05) is 11.4 Å². The van der Waals surface area contributed by atoms with Crippen molar-refractivity contribution in [3.05, 3.63) is 47.5 Å². The molecule has 2 aromatic carbocycles. The molecule has 140 valence electrons. The highest BCUT2D eigenvalue weighted by atomic mass is 35.5. The Labute approximate surface area is 168 Å². The number of rotatable bonds is 2. The molecule has 2 N–H and O–H groups in total. The quantitative estimate of drug-likeness (QED) is 0.813. The second-order valence-electron chi connectivity index (χ2n) is 7.76. The Morgan fingerprint density at radius 1 is 1.11 bits per heavy atom. The number of para-hydroxylation sites is 1. The van der Waals surface area contributed by atoms with Crippen LogP contribution in [0.25, 0.3) is 0 Å². The lowest BCUT2D eigenvalue weighted by molar-refractivity contribution is -0.934. The first kappa shape index (κ1) is 17.6. The topological polar surface area (TPSA) is 45.0 Å². The van der Waals surface area contributed by atoms with Gasteiger partial charge in [-0.2, -0.15) is 0 Å². The van der Waals surface area contributed by atoms with E-state index in [-0.39, 0.29) is 12.0 Å². The SMILES string of the molecule is O=C(C[NH+]1C2CCC1CC(O)C2)N1c2ccccc2Sc2ccc(Cl)cc21. The van der Waals surface area contributed by atoms with Gasteiger partial charge >= 0.3 is 0 Å². The normalized spacial score (nSPS) is 28.6. The molecule has 0 radical (unpaired) electrons. The molecule has 3 aliphatic heterocycles. The van der Waals surface area contributed by atoms with Gasteiger partial charge in [0.15, 0.2) is 6.54 Å². The van der Waals surface area contributed by atoms with Crippen LogP contribution >= 0.6 is 23.4 Å². The fraction of sp³-hybridized carbons (Fsp3) is 0.381. The lowest BCUT2D eigenvalue weighted by Crippen LogP contribution is -3.19. The Bertz CT molecular complexity index is 892. The molecule has 0 aliphatic carbocycles. The highest BCUT2D eigenvalue weighted by Crippen LogP contribution is 2.48. The number of quaternary nitrogens is 1. The van der Waals surface area contributed by atoms with Crippen molar-refractivity contribution in [2.45, 2.75) is 53.7 Å². The summed E-state index contributed by atoms with van der Waals surface area (Å²) in [5.41, 5.74) is 1.81. The summed E-state index contributed by atoms with van der Waals surface area (Å²) in [5, 5.41) is 10.7. The largest absolute Gasteiger partial charge is 0.393 e. The van der Waals surface area contributed by atoms with Crippen molar-refractivity contribution >= 4 is 40.6 Å². The van der Waals surface area contributed by atoms with Gasteiger partial charge in [-0.15, -0.1) is 0 Å². The molecule has 5 rings (SSSR count). The Kier molecular flexibility index (Phi) is 4.43. The lowest BCUT2D eigenvalue weighted by atomic mass is 10.00. The first-order valence-corrected chi connectivity index (χ1v) is 10.7. The van der Waals surface area contributed by atoms with Gasteiger partial charge < -0.3 is 10.0 Å². The summed E-state index contributed by atoms with van der Waals surface area (Å²) in [7, 11) is 0. The Hall–Kier alpha value is -1.53. The van der Waals surface area contributed by atoms with Crippen molar-refractivity contribution in [1.82, 2.24) is 0 Å². The number of amides is 1. The van der Waals surface area contributed by atoms with E-state index in [0.717, 1.165) is 46.8 Å². The number of aliphatic hydroxyl groups is 1. The van der Waals surface area contributed by atoms with Gasteiger partial charge in [0.2, 0.25) is 0 Å². The molecule has 0 spiro atoms. The fourth-order valence-corrected chi connectivity index (χ4v) is 6.14. The molecular weight excluding hydrogens is 380 g/mol.